The molecule has 0 spiro atoms. The van der Waals surface area contributed by atoms with Crippen molar-refractivity contribution in [2.24, 2.45) is 5.11 Å². The molecule has 19 heavy (non-hydrogen) atoms. The molecule has 0 unspecified atom stereocenters. The van der Waals surface area contributed by atoms with Gasteiger partial charge in [0, 0.05) is 36.9 Å². The Morgan fingerprint density at radius 1 is 1.47 bits per heavy atom. The predicted molar refractivity (Wildman–Crippen MR) is 71.3 cm³/mol. The van der Waals surface area contributed by atoms with E-state index in [1.807, 2.05) is 11.5 Å². The summed E-state index contributed by atoms with van der Waals surface area (Å²) < 4.78 is 12.2. The number of nitrogens with zero attached hydrogens (tertiary/aromatic N) is 4. The maximum Gasteiger partial charge on any atom is 0.224 e. The smallest absolute Gasteiger partial charge is 0.224 e. The van der Waals surface area contributed by atoms with E-state index in [0.29, 0.717) is 37.6 Å². The Labute approximate surface area is 111 Å². The van der Waals surface area contributed by atoms with Gasteiger partial charge in [0.1, 0.15) is 0 Å². The molecular formula is C12H18N4O3. The van der Waals surface area contributed by atoms with Crippen molar-refractivity contribution < 1.29 is 9.47 Å². The molecule has 0 saturated heterocycles. The van der Waals surface area contributed by atoms with E-state index in [-0.39, 0.29) is 5.43 Å². The second kappa shape index (κ2) is 7.45. The fourth-order valence-electron chi connectivity index (χ4n) is 1.97. The van der Waals surface area contributed by atoms with Gasteiger partial charge >= 0.3 is 0 Å². The number of ether oxygens (including phenoxy) is 2. The predicted octanol–water partition coefficient (Wildman–Crippen LogP) is 2.01. The molecule has 104 valence electrons. The summed E-state index contributed by atoms with van der Waals surface area (Å²) in [6, 6.07) is 1.53. The average Bonchev–Trinajstić information content (AvgIpc) is 2.38. The molecule has 0 aliphatic carbocycles. The van der Waals surface area contributed by atoms with Gasteiger partial charge in [-0.1, -0.05) is 5.11 Å². The number of hydrogen-bond donors (Lipinski definition) is 0. The maximum atomic E-state index is 11.8. The highest BCUT2D eigenvalue weighted by Gasteiger charge is 2.13. The molecule has 0 saturated carbocycles. The van der Waals surface area contributed by atoms with Crippen LogP contribution in [-0.2, 0) is 17.9 Å². The lowest BCUT2D eigenvalue weighted by Gasteiger charge is -2.18. The molecular weight excluding hydrogens is 248 g/mol. The molecule has 0 N–H and O–H groups in total. The van der Waals surface area contributed by atoms with Gasteiger partial charge in [0.2, 0.25) is 5.43 Å². The summed E-state index contributed by atoms with van der Waals surface area (Å²) in [5, 5.41) is 3.50. The van der Waals surface area contributed by atoms with Crippen LogP contribution in [0.15, 0.2) is 16.0 Å². The third-order valence-corrected chi connectivity index (χ3v) is 2.77. The summed E-state index contributed by atoms with van der Waals surface area (Å²) in [6.45, 7) is 3.20. The molecule has 0 atom stereocenters. The van der Waals surface area contributed by atoms with Crippen molar-refractivity contribution in [1.29, 1.82) is 0 Å². The Balaban J connectivity index is 3.12. The van der Waals surface area contributed by atoms with E-state index in [0.717, 1.165) is 5.69 Å². The number of aryl methyl sites for hydroxylation is 1. The van der Waals surface area contributed by atoms with Crippen LogP contribution in [0, 0.1) is 6.92 Å². The lowest BCUT2D eigenvalue weighted by molar-refractivity contribution is 0.172. The Hall–Kier alpha value is -1.98. The second-order valence-electron chi connectivity index (χ2n) is 4.02. The molecule has 7 nitrogen and oxygen atoms in total. The highest BCUT2D eigenvalue weighted by Crippen LogP contribution is 2.17. The minimum absolute atomic E-state index is 0.154. The first kappa shape index (κ1) is 15.1. The van der Waals surface area contributed by atoms with Gasteiger partial charge in [0.25, 0.3) is 0 Å². The van der Waals surface area contributed by atoms with Crippen molar-refractivity contribution in [1.82, 2.24) is 4.57 Å². The van der Waals surface area contributed by atoms with E-state index in [1.54, 1.807) is 7.11 Å². The van der Waals surface area contributed by atoms with E-state index in [9.17, 15) is 4.79 Å². The van der Waals surface area contributed by atoms with Gasteiger partial charge in [-0.15, -0.1) is 0 Å². The highest BCUT2D eigenvalue weighted by atomic mass is 16.5. The lowest BCUT2D eigenvalue weighted by Crippen LogP contribution is -2.19. The van der Waals surface area contributed by atoms with Gasteiger partial charge in [0.15, 0.2) is 5.75 Å². The minimum atomic E-state index is -0.154. The van der Waals surface area contributed by atoms with Crippen LogP contribution in [0.25, 0.3) is 10.4 Å². The second-order valence-corrected chi connectivity index (χ2v) is 4.02. The zero-order valence-electron chi connectivity index (χ0n) is 11.4. The third-order valence-electron chi connectivity index (χ3n) is 2.77. The van der Waals surface area contributed by atoms with Crippen LogP contribution < -0.4 is 10.2 Å². The summed E-state index contributed by atoms with van der Waals surface area (Å²) >= 11 is 0. The molecule has 0 aromatic carbocycles. The summed E-state index contributed by atoms with van der Waals surface area (Å²) in [6.07, 6.45) is 0.688. The van der Waals surface area contributed by atoms with Crippen LogP contribution in [-0.4, -0.2) is 25.3 Å². The number of hydrogen-bond acceptors (Lipinski definition) is 4. The number of azide groups is 1. The van der Waals surface area contributed by atoms with Crippen molar-refractivity contribution in [2.75, 3.05) is 20.8 Å². The zero-order chi connectivity index (χ0) is 14.3. The van der Waals surface area contributed by atoms with Gasteiger partial charge in [-0.3, -0.25) is 4.79 Å². The first-order valence-electron chi connectivity index (χ1n) is 5.92. The number of pyridine rings is 1. The van der Waals surface area contributed by atoms with Crippen LogP contribution in [0.2, 0.25) is 0 Å². The average molecular weight is 266 g/mol. The quantitative estimate of drug-likeness (QED) is 0.327. The molecule has 0 fully saturated rings. The number of methoxy groups -OCH3 is 2. The topological polar surface area (TPSA) is 89.2 Å². The van der Waals surface area contributed by atoms with Gasteiger partial charge in [-0.2, -0.15) is 0 Å². The van der Waals surface area contributed by atoms with Gasteiger partial charge in [-0.25, -0.2) is 0 Å². The van der Waals surface area contributed by atoms with Crippen molar-refractivity contribution >= 4 is 0 Å². The third kappa shape index (κ3) is 3.74. The van der Waals surface area contributed by atoms with Crippen LogP contribution in [0.5, 0.6) is 5.75 Å². The molecule has 0 radical (unpaired) electrons. The lowest BCUT2D eigenvalue weighted by atomic mass is 10.2. The summed E-state index contributed by atoms with van der Waals surface area (Å²) in [7, 11) is 3.03. The van der Waals surface area contributed by atoms with Gasteiger partial charge in [0.05, 0.1) is 19.4 Å². The normalized spacial score (nSPS) is 10.1. The van der Waals surface area contributed by atoms with Crippen LogP contribution in [0.1, 0.15) is 17.8 Å². The van der Waals surface area contributed by atoms with E-state index in [2.05, 4.69) is 10.0 Å². The molecule has 1 aromatic rings. The van der Waals surface area contributed by atoms with Crippen molar-refractivity contribution in [3.05, 3.63) is 38.1 Å². The molecule has 1 aromatic heterocycles. The monoisotopic (exact) mass is 266 g/mol. The summed E-state index contributed by atoms with van der Waals surface area (Å²) in [4.78, 5) is 14.5. The molecule has 1 rings (SSSR count). The van der Waals surface area contributed by atoms with Gasteiger partial charge < -0.3 is 14.0 Å². The highest BCUT2D eigenvalue weighted by molar-refractivity contribution is 5.30. The fraction of sp³-hybridized carbons (Fsp3) is 0.583. The molecule has 0 bridgehead atoms. The molecule has 1 heterocycles. The van der Waals surface area contributed by atoms with Crippen LogP contribution >= 0.6 is 0 Å². The number of aromatic nitrogens is 1. The standard InChI is InChI=1S/C12H18N4O3/c1-9-7-11(17)12(19-3)10(8-18-2)16(9)6-4-5-14-15-13/h7H,4-6,8H2,1-3H3. The SMILES string of the molecule is COCc1c(OC)c(=O)cc(C)n1CCCN=[N+]=[N-]. The maximum absolute atomic E-state index is 11.8. The van der Waals surface area contributed by atoms with Crippen molar-refractivity contribution in [2.45, 2.75) is 26.5 Å². The fourth-order valence-corrected chi connectivity index (χ4v) is 1.97. The Morgan fingerprint density at radius 3 is 2.79 bits per heavy atom. The first-order chi connectivity index (χ1) is 9.15. The Bertz CT molecular complexity index is 533. The summed E-state index contributed by atoms with van der Waals surface area (Å²) in [5.74, 6) is 0.302. The van der Waals surface area contributed by atoms with Crippen molar-refractivity contribution in [3.8, 4) is 5.75 Å². The van der Waals surface area contributed by atoms with E-state index < -0.39 is 0 Å². The van der Waals surface area contributed by atoms with Gasteiger partial charge in [-0.05, 0) is 18.9 Å². The van der Waals surface area contributed by atoms with E-state index in [1.165, 1.54) is 13.2 Å². The molecule has 7 heteroatoms. The Kier molecular flexibility index (Phi) is 5.92. The van der Waals surface area contributed by atoms with Crippen LogP contribution in [0.4, 0.5) is 0 Å². The summed E-state index contributed by atoms with van der Waals surface area (Å²) in [5.41, 5.74) is 9.63. The van der Waals surface area contributed by atoms with Crippen molar-refractivity contribution in [3.63, 3.8) is 0 Å². The largest absolute Gasteiger partial charge is 0.491 e. The molecule has 0 aliphatic heterocycles. The van der Waals surface area contributed by atoms with Crippen LogP contribution in [0.3, 0.4) is 0 Å². The number of rotatable bonds is 7. The zero-order valence-corrected chi connectivity index (χ0v) is 11.4. The van der Waals surface area contributed by atoms with E-state index >= 15 is 0 Å². The first-order valence-corrected chi connectivity index (χ1v) is 5.92. The molecule has 0 aliphatic rings. The minimum Gasteiger partial charge on any atom is -0.491 e. The molecule has 0 amide bonds. The van der Waals surface area contributed by atoms with E-state index in [4.69, 9.17) is 15.0 Å². The Morgan fingerprint density at radius 2 is 2.21 bits per heavy atom.